The van der Waals surface area contributed by atoms with Crippen molar-refractivity contribution in [1.82, 2.24) is 10.0 Å². The molecule has 0 amide bonds. The van der Waals surface area contributed by atoms with Crippen LogP contribution in [-0.2, 0) is 16.6 Å². The summed E-state index contributed by atoms with van der Waals surface area (Å²) < 4.78 is 54.3. The number of nitrogens with one attached hydrogen (secondary N) is 2. The Morgan fingerprint density at radius 2 is 1.95 bits per heavy atom. The van der Waals surface area contributed by atoms with Crippen LogP contribution < -0.4 is 10.0 Å². The fraction of sp³-hybridized carbons (Fsp3) is 0.571. The summed E-state index contributed by atoms with van der Waals surface area (Å²) in [5, 5.41) is 2.95. The van der Waals surface area contributed by atoms with Crippen LogP contribution >= 0.6 is 0 Å². The fourth-order valence-electron chi connectivity index (χ4n) is 2.47. The van der Waals surface area contributed by atoms with Crippen molar-refractivity contribution >= 4 is 10.0 Å². The van der Waals surface area contributed by atoms with Crippen molar-refractivity contribution in [2.45, 2.75) is 44.2 Å². The van der Waals surface area contributed by atoms with E-state index in [1.807, 2.05) is 13.8 Å². The number of benzene rings is 1. The van der Waals surface area contributed by atoms with Gasteiger partial charge in [-0.2, -0.15) is 0 Å². The van der Waals surface area contributed by atoms with Crippen LogP contribution in [0, 0.1) is 17.6 Å². The van der Waals surface area contributed by atoms with Gasteiger partial charge in [0.1, 0.15) is 4.90 Å². The first-order chi connectivity index (χ1) is 9.83. The van der Waals surface area contributed by atoms with Crippen LogP contribution in [0.4, 0.5) is 8.78 Å². The molecule has 4 nitrogen and oxygen atoms in total. The van der Waals surface area contributed by atoms with Crippen LogP contribution in [0.25, 0.3) is 0 Å². The first-order valence-electron chi connectivity index (χ1n) is 7.04. The highest BCUT2D eigenvalue weighted by Crippen LogP contribution is 2.28. The molecule has 1 aromatic rings. The molecule has 0 atom stereocenters. The molecule has 0 radical (unpaired) electrons. The third-order valence-corrected chi connectivity index (χ3v) is 5.14. The maximum atomic E-state index is 13.8. The molecule has 2 N–H and O–H groups in total. The van der Waals surface area contributed by atoms with Crippen molar-refractivity contribution in [1.29, 1.82) is 0 Å². The molecule has 0 unspecified atom stereocenters. The van der Waals surface area contributed by atoms with Crippen molar-refractivity contribution < 1.29 is 17.2 Å². The molecular formula is C14H20F2N2O2S. The van der Waals surface area contributed by atoms with Gasteiger partial charge in [-0.25, -0.2) is 21.9 Å². The molecule has 0 saturated heterocycles. The predicted octanol–water partition coefficient (Wildman–Crippen LogP) is 2.15. The molecule has 1 aromatic carbocycles. The summed E-state index contributed by atoms with van der Waals surface area (Å²) in [5.41, 5.74) is 0.401. The molecule has 1 aliphatic rings. The normalized spacial score (nSPS) is 22.1. The van der Waals surface area contributed by atoms with Gasteiger partial charge in [0, 0.05) is 12.6 Å². The van der Waals surface area contributed by atoms with E-state index in [-0.39, 0.29) is 12.6 Å². The highest BCUT2D eigenvalue weighted by atomic mass is 32.2. The SMILES string of the molecule is CCNCc1cc(F)c(F)c(S(=O)(=O)NC2CC(C)C2)c1. The van der Waals surface area contributed by atoms with Crippen LogP contribution in [0.1, 0.15) is 32.3 Å². The first-order valence-corrected chi connectivity index (χ1v) is 8.52. The van der Waals surface area contributed by atoms with E-state index in [1.54, 1.807) is 0 Å². The summed E-state index contributed by atoms with van der Waals surface area (Å²) in [6.07, 6.45) is 1.45. The van der Waals surface area contributed by atoms with Gasteiger partial charge in [-0.15, -0.1) is 0 Å². The number of halogens is 2. The average molecular weight is 318 g/mol. The summed E-state index contributed by atoms with van der Waals surface area (Å²) in [4.78, 5) is -0.616. The Bertz CT molecular complexity index is 614. The van der Waals surface area contributed by atoms with Crippen LogP contribution in [0.3, 0.4) is 0 Å². The summed E-state index contributed by atoms with van der Waals surface area (Å²) in [6.45, 7) is 4.83. The zero-order valence-corrected chi connectivity index (χ0v) is 12.9. The average Bonchev–Trinajstić information content (AvgIpc) is 2.37. The minimum absolute atomic E-state index is 0.190. The van der Waals surface area contributed by atoms with Crippen molar-refractivity contribution in [3.05, 3.63) is 29.3 Å². The van der Waals surface area contributed by atoms with Crippen molar-refractivity contribution in [3.63, 3.8) is 0 Å². The smallest absolute Gasteiger partial charge is 0.243 e. The van der Waals surface area contributed by atoms with Gasteiger partial charge in [0.25, 0.3) is 0 Å². The summed E-state index contributed by atoms with van der Waals surface area (Å²) in [7, 11) is -4.04. The predicted molar refractivity (Wildman–Crippen MR) is 76.2 cm³/mol. The highest BCUT2D eigenvalue weighted by Gasteiger charge is 2.32. The molecule has 0 bridgehead atoms. The molecule has 1 saturated carbocycles. The molecule has 1 aliphatic carbocycles. The third-order valence-electron chi connectivity index (χ3n) is 3.62. The van der Waals surface area contributed by atoms with Gasteiger partial charge in [-0.1, -0.05) is 13.8 Å². The summed E-state index contributed by atoms with van der Waals surface area (Å²) >= 11 is 0. The van der Waals surface area contributed by atoms with Gasteiger partial charge in [0.15, 0.2) is 11.6 Å². The van der Waals surface area contributed by atoms with E-state index in [1.165, 1.54) is 6.07 Å². The van der Waals surface area contributed by atoms with Gasteiger partial charge in [-0.05, 0) is 43.0 Å². The summed E-state index contributed by atoms with van der Waals surface area (Å²) in [5.74, 6) is -2.01. The van der Waals surface area contributed by atoms with E-state index in [9.17, 15) is 17.2 Å². The zero-order valence-electron chi connectivity index (χ0n) is 12.1. The standard InChI is InChI=1S/C14H20F2N2O2S/c1-3-17-8-10-6-12(15)14(16)13(7-10)21(19,20)18-11-4-9(2)5-11/h6-7,9,11,17-18H,3-5,8H2,1-2H3. The number of hydrogen-bond acceptors (Lipinski definition) is 3. The molecule has 7 heteroatoms. The lowest BCUT2D eigenvalue weighted by atomic mass is 9.83. The Morgan fingerprint density at radius 3 is 2.52 bits per heavy atom. The van der Waals surface area contributed by atoms with Crippen molar-refractivity contribution in [3.8, 4) is 0 Å². The molecule has 2 rings (SSSR count). The number of rotatable bonds is 6. The molecular weight excluding hydrogens is 298 g/mol. The van der Waals surface area contributed by atoms with E-state index in [0.29, 0.717) is 18.0 Å². The second kappa shape index (κ2) is 6.37. The van der Waals surface area contributed by atoms with Gasteiger partial charge in [-0.3, -0.25) is 0 Å². The topological polar surface area (TPSA) is 58.2 Å². The van der Waals surface area contributed by atoms with Gasteiger partial charge >= 0.3 is 0 Å². The monoisotopic (exact) mass is 318 g/mol. The van der Waals surface area contributed by atoms with E-state index in [2.05, 4.69) is 10.0 Å². The molecule has 0 heterocycles. The number of hydrogen-bond donors (Lipinski definition) is 2. The zero-order chi connectivity index (χ0) is 15.6. The fourth-order valence-corrected chi connectivity index (χ4v) is 3.86. The maximum Gasteiger partial charge on any atom is 0.243 e. The quantitative estimate of drug-likeness (QED) is 0.845. The second-order valence-corrected chi connectivity index (χ2v) is 7.25. The lowest BCUT2D eigenvalue weighted by Crippen LogP contribution is -2.43. The Labute approximate surface area is 124 Å². The first kappa shape index (κ1) is 16.3. The molecule has 118 valence electrons. The van der Waals surface area contributed by atoms with Gasteiger partial charge < -0.3 is 5.32 Å². The largest absolute Gasteiger partial charge is 0.313 e. The molecule has 1 fully saturated rings. The van der Waals surface area contributed by atoms with E-state index in [4.69, 9.17) is 0 Å². The van der Waals surface area contributed by atoms with E-state index in [0.717, 1.165) is 18.9 Å². The summed E-state index contributed by atoms with van der Waals surface area (Å²) in [6, 6.07) is 2.01. The number of sulfonamides is 1. The van der Waals surface area contributed by atoms with E-state index >= 15 is 0 Å². The second-order valence-electron chi connectivity index (χ2n) is 5.56. The lowest BCUT2D eigenvalue weighted by Gasteiger charge is -2.32. The maximum absolute atomic E-state index is 13.8. The molecule has 0 spiro atoms. The van der Waals surface area contributed by atoms with Gasteiger partial charge in [0.05, 0.1) is 0 Å². The van der Waals surface area contributed by atoms with Crippen LogP contribution in [0.2, 0.25) is 0 Å². The highest BCUT2D eigenvalue weighted by molar-refractivity contribution is 7.89. The van der Waals surface area contributed by atoms with Crippen LogP contribution in [0.15, 0.2) is 17.0 Å². The Morgan fingerprint density at radius 1 is 1.29 bits per heavy atom. The van der Waals surface area contributed by atoms with E-state index < -0.39 is 26.6 Å². The van der Waals surface area contributed by atoms with Gasteiger partial charge in [0.2, 0.25) is 10.0 Å². The van der Waals surface area contributed by atoms with Crippen LogP contribution in [-0.4, -0.2) is 21.0 Å². The Kier molecular flexibility index (Phi) is 4.95. The Hall–Kier alpha value is -1.05. The van der Waals surface area contributed by atoms with Crippen LogP contribution in [0.5, 0.6) is 0 Å². The Balaban J connectivity index is 2.26. The van der Waals surface area contributed by atoms with Crippen molar-refractivity contribution in [2.24, 2.45) is 5.92 Å². The molecule has 0 aromatic heterocycles. The third kappa shape index (κ3) is 3.78. The minimum Gasteiger partial charge on any atom is -0.313 e. The lowest BCUT2D eigenvalue weighted by molar-refractivity contribution is 0.270. The molecule has 0 aliphatic heterocycles. The molecule has 21 heavy (non-hydrogen) atoms. The minimum atomic E-state index is -4.04. The van der Waals surface area contributed by atoms with Crippen molar-refractivity contribution in [2.75, 3.05) is 6.54 Å².